The smallest absolute Gasteiger partial charge is 0.370 e. The van der Waals surface area contributed by atoms with Gasteiger partial charge in [0, 0.05) is 7.05 Å². The normalized spacial score (nSPS) is 9.53. The second-order valence-corrected chi connectivity index (χ2v) is 3.61. The summed E-state index contributed by atoms with van der Waals surface area (Å²) in [4.78, 5) is 31.9. The molecule has 0 saturated heterocycles. The molecule has 0 fully saturated rings. The minimum Gasteiger partial charge on any atom is -0.370 e. The fraction of sp³-hybridized carbons (Fsp3) is 0.700. The summed E-state index contributed by atoms with van der Waals surface area (Å²) in [6.07, 6.45) is 2.86. The maximum Gasteiger partial charge on any atom is 0.374 e. The van der Waals surface area contributed by atoms with Gasteiger partial charge in [0.1, 0.15) is 6.54 Å². The number of carbonyl (C=O) groups is 2. The van der Waals surface area contributed by atoms with Crippen molar-refractivity contribution in [2.75, 3.05) is 13.6 Å². The Morgan fingerprint density at radius 1 is 1.24 bits per heavy atom. The summed E-state index contributed by atoms with van der Waals surface area (Å²) in [6.45, 7) is 1.78. The molecule has 0 heterocycles. The van der Waals surface area contributed by atoms with E-state index in [1.54, 1.807) is 0 Å². The molecule has 0 bridgehead atoms. The number of hydrogen-bond donors (Lipinski definition) is 2. The molecule has 0 aromatic rings. The predicted octanol–water partition coefficient (Wildman–Crippen LogP) is 0.393. The zero-order valence-electron chi connectivity index (χ0n) is 10.2. The van der Waals surface area contributed by atoms with Crippen molar-refractivity contribution in [2.24, 2.45) is 5.73 Å². The lowest BCUT2D eigenvalue weighted by atomic mass is 10.2. The van der Waals surface area contributed by atoms with Crippen molar-refractivity contribution in [3.63, 3.8) is 0 Å². The van der Waals surface area contributed by atoms with Gasteiger partial charge in [0.25, 0.3) is 0 Å². The van der Waals surface area contributed by atoms with Gasteiger partial charge >= 0.3 is 11.9 Å². The van der Waals surface area contributed by atoms with E-state index in [4.69, 9.17) is 11.1 Å². The Morgan fingerprint density at radius 3 is 2.35 bits per heavy atom. The quantitative estimate of drug-likeness (QED) is 0.230. The summed E-state index contributed by atoms with van der Waals surface area (Å²) in [5, 5.41) is 7.01. The van der Waals surface area contributed by atoms with Gasteiger partial charge in [-0.25, -0.2) is 19.4 Å². The number of unbranched alkanes of at least 4 members (excludes halogenated alkanes) is 2. The molecule has 0 unspecified atom stereocenters. The Balaban J connectivity index is 3.69. The molecule has 0 aromatic heterocycles. The maximum absolute atomic E-state index is 11.1. The molecule has 0 aromatic carbocycles. The molecule has 98 valence electrons. The average molecular weight is 245 g/mol. The van der Waals surface area contributed by atoms with Gasteiger partial charge in [-0.15, -0.1) is 0 Å². The molecule has 0 aliphatic heterocycles. The molecular formula is C10H19N3O4. The van der Waals surface area contributed by atoms with Crippen LogP contribution in [-0.4, -0.2) is 36.4 Å². The lowest BCUT2D eigenvalue weighted by Gasteiger charge is -2.14. The second-order valence-electron chi connectivity index (χ2n) is 3.61. The van der Waals surface area contributed by atoms with E-state index in [2.05, 4.69) is 9.78 Å². The SMILES string of the molecule is CCCCCC(=O)OOC(=O)CN(C)C(=N)N. The van der Waals surface area contributed by atoms with Gasteiger partial charge in [0.2, 0.25) is 0 Å². The molecule has 0 rings (SSSR count). The van der Waals surface area contributed by atoms with E-state index in [9.17, 15) is 9.59 Å². The number of nitrogens with two attached hydrogens (primary N) is 1. The molecule has 0 spiro atoms. The van der Waals surface area contributed by atoms with Crippen LogP contribution in [-0.2, 0) is 19.4 Å². The lowest BCUT2D eigenvalue weighted by molar-refractivity contribution is -0.259. The van der Waals surface area contributed by atoms with Crippen LogP contribution in [0.2, 0.25) is 0 Å². The summed E-state index contributed by atoms with van der Waals surface area (Å²) in [6, 6.07) is 0. The fourth-order valence-electron chi connectivity index (χ4n) is 0.959. The van der Waals surface area contributed by atoms with E-state index < -0.39 is 11.9 Å². The van der Waals surface area contributed by atoms with Crippen molar-refractivity contribution < 1.29 is 19.4 Å². The summed E-state index contributed by atoms with van der Waals surface area (Å²) >= 11 is 0. The van der Waals surface area contributed by atoms with E-state index in [0.717, 1.165) is 17.7 Å². The minimum absolute atomic E-state index is 0.226. The third-order valence-electron chi connectivity index (χ3n) is 1.99. The first-order valence-electron chi connectivity index (χ1n) is 5.42. The summed E-state index contributed by atoms with van der Waals surface area (Å²) in [7, 11) is 1.45. The van der Waals surface area contributed by atoms with E-state index in [1.165, 1.54) is 7.05 Å². The number of nitrogens with one attached hydrogen (secondary N) is 1. The maximum atomic E-state index is 11.1. The Bertz CT molecular complexity index is 281. The highest BCUT2D eigenvalue weighted by atomic mass is 17.2. The highest BCUT2D eigenvalue weighted by molar-refractivity contribution is 5.81. The number of rotatable bonds is 6. The van der Waals surface area contributed by atoms with Crippen molar-refractivity contribution in [2.45, 2.75) is 32.6 Å². The fourth-order valence-corrected chi connectivity index (χ4v) is 0.959. The van der Waals surface area contributed by atoms with Crippen LogP contribution in [0.4, 0.5) is 0 Å². The molecule has 0 aliphatic rings. The van der Waals surface area contributed by atoms with Crippen LogP contribution in [0.1, 0.15) is 32.6 Å². The Labute approximate surface area is 100 Å². The van der Waals surface area contributed by atoms with Crippen LogP contribution in [0.15, 0.2) is 0 Å². The number of nitrogens with zero attached hydrogens (tertiary/aromatic N) is 1. The zero-order chi connectivity index (χ0) is 13.3. The van der Waals surface area contributed by atoms with E-state index >= 15 is 0 Å². The molecule has 0 saturated carbocycles. The number of hydrogen-bond acceptors (Lipinski definition) is 5. The summed E-state index contributed by atoms with van der Waals surface area (Å²) in [5.41, 5.74) is 5.11. The highest BCUT2D eigenvalue weighted by Gasteiger charge is 2.12. The van der Waals surface area contributed by atoms with Crippen molar-refractivity contribution in [3.8, 4) is 0 Å². The zero-order valence-corrected chi connectivity index (χ0v) is 10.2. The van der Waals surface area contributed by atoms with Crippen LogP contribution in [0, 0.1) is 5.41 Å². The molecule has 3 N–H and O–H groups in total. The topological polar surface area (TPSA) is 106 Å². The number of likely N-dealkylation sites (N-methyl/N-ethyl adjacent to an activating group) is 1. The third-order valence-corrected chi connectivity index (χ3v) is 1.99. The lowest BCUT2D eigenvalue weighted by Crippen LogP contribution is -2.37. The Kier molecular flexibility index (Phi) is 7.49. The summed E-state index contributed by atoms with van der Waals surface area (Å²) in [5.74, 6) is -1.61. The average Bonchev–Trinajstić information content (AvgIpc) is 2.26. The van der Waals surface area contributed by atoms with Crippen molar-refractivity contribution in [3.05, 3.63) is 0 Å². The van der Waals surface area contributed by atoms with Gasteiger partial charge in [-0.05, 0) is 6.42 Å². The van der Waals surface area contributed by atoms with Gasteiger partial charge in [-0.3, -0.25) is 5.41 Å². The molecule has 0 radical (unpaired) electrons. The van der Waals surface area contributed by atoms with Gasteiger partial charge in [-0.2, -0.15) is 0 Å². The van der Waals surface area contributed by atoms with Crippen LogP contribution < -0.4 is 5.73 Å². The molecule has 7 nitrogen and oxygen atoms in total. The first-order chi connectivity index (χ1) is 7.97. The molecule has 0 amide bonds. The van der Waals surface area contributed by atoms with E-state index in [1.807, 2.05) is 6.92 Å². The molecule has 17 heavy (non-hydrogen) atoms. The van der Waals surface area contributed by atoms with Crippen molar-refractivity contribution >= 4 is 17.9 Å². The molecule has 7 heteroatoms. The van der Waals surface area contributed by atoms with Gasteiger partial charge in [0.15, 0.2) is 5.96 Å². The van der Waals surface area contributed by atoms with Crippen molar-refractivity contribution in [1.82, 2.24) is 4.90 Å². The van der Waals surface area contributed by atoms with E-state index in [0.29, 0.717) is 6.42 Å². The minimum atomic E-state index is -0.772. The van der Waals surface area contributed by atoms with Crippen LogP contribution >= 0.6 is 0 Å². The van der Waals surface area contributed by atoms with Crippen LogP contribution in [0.3, 0.4) is 0 Å². The van der Waals surface area contributed by atoms with E-state index in [-0.39, 0.29) is 18.9 Å². The Hall–Kier alpha value is -1.79. The second kappa shape index (κ2) is 8.37. The van der Waals surface area contributed by atoms with Gasteiger partial charge in [-0.1, -0.05) is 19.8 Å². The predicted molar refractivity (Wildman–Crippen MR) is 60.9 cm³/mol. The van der Waals surface area contributed by atoms with Gasteiger partial charge < -0.3 is 10.6 Å². The number of carbonyl (C=O) groups excluding carboxylic acids is 2. The van der Waals surface area contributed by atoms with Crippen LogP contribution in [0.25, 0.3) is 0 Å². The van der Waals surface area contributed by atoms with Gasteiger partial charge in [0.05, 0.1) is 6.42 Å². The number of guanidine groups is 1. The first-order valence-corrected chi connectivity index (χ1v) is 5.42. The largest absolute Gasteiger partial charge is 0.374 e. The first kappa shape index (κ1) is 15.2. The van der Waals surface area contributed by atoms with Crippen LogP contribution in [0.5, 0.6) is 0 Å². The molecule has 0 atom stereocenters. The Morgan fingerprint density at radius 2 is 1.82 bits per heavy atom. The molecular weight excluding hydrogens is 226 g/mol. The summed E-state index contributed by atoms with van der Waals surface area (Å²) < 4.78 is 0. The van der Waals surface area contributed by atoms with Crippen molar-refractivity contribution in [1.29, 1.82) is 5.41 Å². The third kappa shape index (κ3) is 8.06. The standard InChI is InChI=1S/C10H19N3O4/c1-3-4-5-6-8(14)16-17-9(15)7-13(2)10(11)12/h3-7H2,1-2H3,(H3,11,12). The monoisotopic (exact) mass is 245 g/mol. The molecule has 0 aliphatic carbocycles. The highest BCUT2D eigenvalue weighted by Crippen LogP contribution is 2.00.